The highest BCUT2D eigenvalue weighted by atomic mass is 16.4. The third-order valence-electron chi connectivity index (χ3n) is 2.93. The summed E-state index contributed by atoms with van der Waals surface area (Å²) in [5.74, 6) is -0.244. The molecule has 120 valence electrons. The summed E-state index contributed by atoms with van der Waals surface area (Å²) >= 11 is 0. The summed E-state index contributed by atoms with van der Waals surface area (Å²) in [5.41, 5.74) is 6.61. The summed E-state index contributed by atoms with van der Waals surface area (Å²) in [6, 6.07) is 9.12. The molecule has 0 bridgehead atoms. The highest BCUT2D eigenvalue weighted by molar-refractivity contribution is 5.77. The summed E-state index contributed by atoms with van der Waals surface area (Å²) in [5, 5.41) is 17.3. The number of fused-ring (bicyclic) bond motifs is 2. The van der Waals surface area contributed by atoms with Crippen LogP contribution < -0.4 is 11.2 Å². The standard InChI is InChI=1S/C12H7NO3.C4H9NO2/c14-7-1-3-9-11(5-7)16-12-6-8(15)2-4-10(12)13-9;5-3-1-2-4(6)7/h1-6,14H;1-3,5H2,(H,6,7). The minimum atomic E-state index is -0.773. The number of rotatable bonds is 3. The van der Waals surface area contributed by atoms with Crippen LogP contribution in [0.25, 0.3) is 22.6 Å². The lowest BCUT2D eigenvalue weighted by molar-refractivity contribution is -0.137. The molecule has 0 fully saturated rings. The first-order valence-corrected chi connectivity index (χ1v) is 6.95. The second-order valence-electron chi connectivity index (χ2n) is 4.78. The van der Waals surface area contributed by atoms with Crippen LogP contribution in [0.3, 0.4) is 0 Å². The minimum absolute atomic E-state index is 0.107. The number of nitrogens with two attached hydrogens (primary N) is 1. The van der Waals surface area contributed by atoms with Crippen LogP contribution in [-0.2, 0) is 4.79 Å². The highest BCUT2D eigenvalue weighted by Gasteiger charge is 2.09. The van der Waals surface area contributed by atoms with Crippen molar-refractivity contribution in [2.45, 2.75) is 12.8 Å². The molecule has 0 atom stereocenters. The number of benzene rings is 2. The van der Waals surface area contributed by atoms with E-state index >= 15 is 0 Å². The van der Waals surface area contributed by atoms with Crippen molar-refractivity contribution < 1.29 is 19.4 Å². The number of hydrogen-bond donors (Lipinski definition) is 3. The third kappa shape index (κ3) is 4.52. The molecule has 23 heavy (non-hydrogen) atoms. The van der Waals surface area contributed by atoms with Gasteiger partial charge in [-0.05, 0) is 37.2 Å². The molecule has 1 aromatic carbocycles. The Labute approximate surface area is 131 Å². The predicted molar refractivity (Wildman–Crippen MR) is 84.5 cm³/mol. The number of aromatic hydroxyl groups is 1. The van der Waals surface area contributed by atoms with E-state index in [1.165, 1.54) is 18.2 Å². The molecule has 4 N–H and O–H groups in total. The molecular formula is C16H16N2O5. The molecule has 0 spiro atoms. The summed E-state index contributed by atoms with van der Waals surface area (Å²) < 4.78 is 5.49. The van der Waals surface area contributed by atoms with Gasteiger partial charge in [-0.1, -0.05) is 0 Å². The summed E-state index contributed by atoms with van der Waals surface area (Å²) in [4.78, 5) is 25.2. The quantitative estimate of drug-likeness (QED) is 0.629. The van der Waals surface area contributed by atoms with Crippen LogP contribution in [0.4, 0.5) is 0 Å². The number of aromatic nitrogens is 1. The summed E-state index contributed by atoms with van der Waals surface area (Å²) in [6.07, 6.45) is 0.770. The smallest absolute Gasteiger partial charge is 0.303 e. The molecule has 1 aromatic rings. The molecule has 0 unspecified atom stereocenters. The van der Waals surface area contributed by atoms with Crippen molar-refractivity contribution in [2.75, 3.05) is 6.54 Å². The van der Waals surface area contributed by atoms with Crippen LogP contribution in [0.2, 0.25) is 0 Å². The number of phenolic OH excluding ortho intramolecular Hbond substituents is 1. The van der Waals surface area contributed by atoms with Crippen LogP contribution in [0.15, 0.2) is 45.6 Å². The third-order valence-corrected chi connectivity index (χ3v) is 2.93. The average Bonchev–Trinajstić information content (AvgIpc) is 2.51. The number of nitrogens with zero attached hydrogens (tertiary/aromatic N) is 1. The van der Waals surface area contributed by atoms with Crippen LogP contribution in [0.5, 0.6) is 5.75 Å². The first-order chi connectivity index (χ1) is 11.0. The van der Waals surface area contributed by atoms with Gasteiger partial charge >= 0.3 is 5.97 Å². The van der Waals surface area contributed by atoms with Gasteiger partial charge in [0.2, 0.25) is 0 Å². The molecule has 1 heterocycles. The van der Waals surface area contributed by atoms with Gasteiger partial charge in [-0.25, -0.2) is 4.98 Å². The van der Waals surface area contributed by atoms with Crippen LogP contribution >= 0.6 is 0 Å². The molecule has 0 aromatic heterocycles. The SMILES string of the molecule is NCCCC(=O)O.O=c1ccc2nc3ccc(O)cc3oc-2c1. The monoisotopic (exact) mass is 316 g/mol. The summed E-state index contributed by atoms with van der Waals surface area (Å²) in [6.45, 7) is 0.465. The largest absolute Gasteiger partial charge is 0.508 e. The topological polar surface area (TPSA) is 127 Å². The lowest BCUT2D eigenvalue weighted by Crippen LogP contribution is -2.02. The number of phenols is 1. The van der Waals surface area contributed by atoms with Crippen LogP contribution in [0, 0.1) is 0 Å². The van der Waals surface area contributed by atoms with Crippen molar-refractivity contribution in [3.63, 3.8) is 0 Å². The molecular weight excluding hydrogens is 300 g/mol. The van der Waals surface area contributed by atoms with Gasteiger partial charge in [-0.2, -0.15) is 0 Å². The van der Waals surface area contributed by atoms with Crippen molar-refractivity contribution >= 4 is 17.1 Å². The van der Waals surface area contributed by atoms with Crippen molar-refractivity contribution in [1.29, 1.82) is 0 Å². The average molecular weight is 316 g/mol. The zero-order chi connectivity index (χ0) is 16.8. The molecule has 1 aliphatic carbocycles. The van der Waals surface area contributed by atoms with Crippen molar-refractivity contribution in [1.82, 2.24) is 4.98 Å². The highest BCUT2D eigenvalue weighted by Crippen LogP contribution is 2.25. The molecule has 2 aliphatic rings. The van der Waals surface area contributed by atoms with Crippen molar-refractivity contribution in [3.05, 3.63) is 46.6 Å². The maximum atomic E-state index is 11.1. The van der Waals surface area contributed by atoms with Gasteiger partial charge in [0.05, 0.1) is 0 Å². The van der Waals surface area contributed by atoms with Crippen molar-refractivity contribution in [3.8, 4) is 17.2 Å². The van der Waals surface area contributed by atoms with Gasteiger partial charge in [0.25, 0.3) is 0 Å². The molecule has 1 aliphatic heterocycles. The molecule has 0 saturated heterocycles. The van der Waals surface area contributed by atoms with Gasteiger partial charge in [-0.15, -0.1) is 0 Å². The number of hydrogen-bond acceptors (Lipinski definition) is 6. The number of carboxylic acid groups (broad SMARTS) is 1. The van der Waals surface area contributed by atoms with E-state index in [0.29, 0.717) is 35.5 Å². The van der Waals surface area contributed by atoms with Gasteiger partial charge < -0.3 is 20.4 Å². The fourth-order valence-corrected chi connectivity index (χ4v) is 1.85. The summed E-state index contributed by atoms with van der Waals surface area (Å²) in [7, 11) is 0. The zero-order valence-corrected chi connectivity index (χ0v) is 12.2. The Morgan fingerprint density at radius 3 is 2.65 bits per heavy atom. The zero-order valence-electron chi connectivity index (χ0n) is 12.2. The second kappa shape index (κ2) is 7.37. The van der Waals surface area contributed by atoms with Crippen LogP contribution in [-0.4, -0.2) is 27.7 Å². The maximum Gasteiger partial charge on any atom is 0.303 e. The fourth-order valence-electron chi connectivity index (χ4n) is 1.85. The molecule has 3 rings (SSSR count). The van der Waals surface area contributed by atoms with E-state index in [1.54, 1.807) is 18.2 Å². The van der Waals surface area contributed by atoms with Gasteiger partial charge in [0.15, 0.2) is 16.8 Å². The Balaban J connectivity index is 0.000000236. The van der Waals surface area contributed by atoms with E-state index in [2.05, 4.69) is 4.98 Å². The van der Waals surface area contributed by atoms with Crippen molar-refractivity contribution in [2.24, 2.45) is 5.73 Å². The van der Waals surface area contributed by atoms with E-state index < -0.39 is 5.97 Å². The van der Waals surface area contributed by atoms with E-state index in [1.807, 2.05) is 0 Å². The molecule has 0 saturated carbocycles. The lowest BCUT2D eigenvalue weighted by atomic mass is 10.2. The molecule has 0 amide bonds. The number of carboxylic acids is 1. The normalized spacial score (nSPS) is 10.3. The first-order valence-electron chi connectivity index (χ1n) is 6.95. The van der Waals surface area contributed by atoms with Crippen LogP contribution in [0.1, 0.15) is 12.8 Å². The Morgan fingerprint density at radius 2 is 2.00 bits per heavy atom. The lowest BCUT2D eigenvalue weighted by Gasteiger charge is -2.05. The van der Waals surface area contributed by atoms with Gasteiger partial charge in [0, 0.05) is 18.6 Å². The Bertz CT molecular complexity index is 843. The maximum absolute atomic E-state index is 11.1. The molecule has 7 heteroatoms. The van der Waals surface area contributed by atoms with Gasteiger partial charge in [0.1, 0.15) is 17.0 Å². The number of aliphatic carboxylic acids is 1. The van der Waals surface area contributed by atoms with E-state index in [-0.39, 0.29) is 17.6 Å². The molecule has 0 radical (unpaired) electrons. The predicted octanol–water partition coefficient (Wildman–Crippen LogP) is 1.81. The van der Waals surface area contributed by atoms with Gasteiger partial charge in [-0.3, -0.25) is 9.59 Å². The fraction of sp³-hybridized carbons (Fsp3) is 0.188. The number of carbonyl (C=O) groups is 1. The van der Waals surface area contributed by atoms with E-state index in [9.17, 15) is 14.7 Å². The van der Waals surface area contributed by atoms with E-state index in [4.69, 9.17) is 15.3 Å². The Hall–Kier alpha value is -2.93. The van der Waals surface area contributed by atoms with E-state index in [0.717, 1.165) is 0 Å². The Morgan fingerprint density at radius 1 is 1.22 bits per heavy atom. The second-order valence-corrected chi connectivity index (χ2v) is 4.78. The minimum Gasteiger partial charge on any atom is -0.508 e. The molecule has 7 nitrogen and oxygen atoms in total. The Kier molecular flexibility index (Phi) is 5.27. The first kappa shape index (κ1) is 16.4.